The lowest BCUT2D eigenvalue weighted by Gasteiger charge is -2.30. The van der Waals surface area contributed by atoms with Crippen molar-refractivity contribution < 1.29 is 9.53 Å². The molecule has 1 aliphatic rings. The van der Waals surface area contributed by atoms with E-state index in [1.165, 1.54) is 0 Å². The number of carbonyl (C=O) groups is 1. The summed E-state index contributed by atoms with van der Waals surface area (Å²) in [6.45, 7) is 1.60. The summed E-state index contributed by atoms with van der Waals surface area (Å²) in [5.41, 5.74) is 7.45. The second-order valence-electron chi connectivity index (χ2n) is 5.43. The van der Waals surface area contributed by atoms with Gasteiger partial charge in [-0.2, -0.15) is 0 Å². The van der Waals surface area contributed by atoms with E-state index in [1.54, 1.807) is 18.4 Å². The van der Waals surface area contributed by atoms with Crippen molar-refractivity contribution >= 4 is 22.4 Å². The Kier molecular flexibility index (Phi) is 4.29. The monoisotopic (exact) mass is 317 g/mol. The van der Waals surface area contributed by atoms with Crippen LogP contribution >= 0.6 is 11.3 Å². The molecule has 3 rings (SSSR count). The van der Waals surface area contributed by atoms with Crippen LogP contribution in [0.1, 0.15) is 12.8 Å². The van der Waals surface area contributed by atoms with Crippen LogP contribution in [-0.2, 0) is 4.79 Å². The smallest absolute Gasteiger partial charge is 0.222 e. The molecule has 22 heavy (non-hydrogen) atoms. The summed E-state index contributed by atoms with van der Waals surface area (Å²) in [5.74, 6) is 0.554. The van der Waals surface area contributed by atoms with Gasteiger partial charge in [0.2, 0.25) is 5.91 Å². The number of nitrogens with two attached hydrogens (primary N) is 1. The van der Waals surface area contributed by atoms with E-state index in [9.17, 15) is 4.79 Å². The first kappa shape index (κ1) is 14.8. The summed E-state index contributed by atoms with van der Waals surface area (Å²) in [6, 6.07) is 7.86. The van der Waals surface area contributed by atoms with Gasteiger partial charge in [0.1, 0.15) is 5.75 Å². The fraction of sp³-hybridized carbons (Fsp3) is 0.375. The quantitative estimate of drug-likeness (QED) is 0.941. The number of ether oxygens (including phenoxy) is 1. The second-order valence-corrected chi connectivity index (χ2v) is 6.27. The Morgan fingerprint density at radius 3 is 2.86 bits per heavy atom. The standard InChI is InChI=1S/C16H19N3O2S/c1-21-13-6-4-11(5-7-13)14-10-22-16(18-14)19-8-2-3-12(9-19)15(17)20/h4-7,10,12H,2-3,8-9H2,1H3,(H2,17,20)/t12-/m1/s1. The SMILES string of the molecule is COc1ccc(-c2csc(N3CCC[C@@H](C(N)=O)C3)n2)cc1. The third-order valence-corrected chi connectivity index (χ3v) is 4.87. The summed E-state index contributed by atoms with van der Waals surface area (Å²) in [4.78, 5) is 18.3. The number of hydrogen-bond donors (Lipinski definition) is 1. The number of methoxy groups -OCH3 is 1. The van der Waals surface area contributed by atoms with E-state index in [-0.39, 0.29) is 11.8 Å². The second kappa shape index (κ2) is 6.36. The molecule has 1 fully saturated rings. The molecular formula is C16H19N3O2S. The van der Waals surface area contributed by atoms with Crippen molar-refractivity contribution in [1.29, 1.82) is 0 Å². The highest BCUT2D eigenvalue weighted by atomic mass is 32.1. The lowest BCUT2D eigenvalue weighted by atomic mass is 9.98. The largest absolute Gasteiger partial charge is 0.497 e. The van der Waals surface area contributed by atoms with Gasteiger partial charge < -0.3 is 15.4 Å². The third-order valence-electron chi connectivity index (χ3n) is 3.97. The maximum Gasteiger partial charge on any atom is 0.222 e. The first-order valence-electron chi connectivity index (χ1n) is 7.31. The van der Waals surface area contributed by atoms with Crippen LogP contribution in [0.5, 0.6) is 5.75 Å². The number of nitrogens with zero attached hydrogens (tertiary/aromatic N) is 2. The topological polar surface area (TPSA) is 68.5 Å². The highest BCUT2D eigenvalue weighted by Crippen LogP contribution is 2.31. The molecule has 116 valence electrons. The molecule has 0 saturated carbocycles. The zero-order chi connectivity index (χ0) is 15.5. The number of anilines is 1. The van der Waals surface area contributed by atoms with Crippen LogP contribution in [0.15, 0.2) is 29.6 Å². The molecule has 0 bridgehead atoms. The predicted molar refractivity (Wildman–Crippen MR) is 88.2 cm³/mol. The minimum atomic E-state index is -0.211. The average molecular weight is 317 g/mol. The van der Waals surface area contributed by atoms with Crippen molar-refractivity contribution in [2.24, 2.45) is 11.7 Å². The summed E-state index contributed by atoms with van der Waals surface area (Å²) in [7, 11) is 1.65. The number of aromatic nitrogens is 1. The van der Waals surface area contributed by atoms with Gasteiger partial charge in [0.05, 0.1) is 18.7 Å². The van der Waals surface area contributed by atoms with Crippen molar-refractivity contribution in [1.82, 2.24) is 4.98 Å². The minimum Gasteiger partial charge on any atom is -0.497 e. The van der Waals surface area contributed by atoms with Crippen molar-refractivity contribution in [3.63, 3.8) is 0 Å². The van der Waals surface area contributed by atoms with E-state index in [0.29, 0.717) is 6.54 Å². The van der Waals surface area contributed by atoms with E-state index in [1.807, 2.05) is 29.6 Å². The molecule has 1 saturated heterocycles. The van der Waals surface area contributed by atoms with Crippen LogP contribution in [0.4, 0.5) is 5.13 Å². The van der Waals surface area contributed by atoms with Crippen LogP contribution in [0.3, 0.4) is 0 Å². The Labute approximate surface area is 133 Å². The number of carbonyl (C=O) groups excluding carboxylic acids is 1. The minimum absolute atomic E-state index is 0.0675. The highest BCUT2D eigenvalue weighted by molar-refractivity contribution is 7.14. The summed E-state index contributed by atoms with van der Waals surface area (Å²) < 4.78 is 5.17. The number of thiazole rings is 1. The summed E-state index contributed by atoms with van der Waals surface area (Å²) >= 11 is 1.61. The van der Waals surface area contributed by atoms with Crippen molar-refractivity contribution in [3.05, 3.63) is 29.6 Å². The van der Waals surface area contributed by atoms with Gasteiger partial charge in [0, 0.05) is 24.0 Å². The van der Waals surface area contributed by atoms with Crippen LogP contribution in [0.25, 0.3) is 11.3 Å². The van der Waals surface area contributed by atoms with Crippen LogP contribution in [0.2, 0.25) is 0 Å². The molecule has 1 amide bonds. The van der Waals surface area contributed by atoms with Gasteiger partial charge in [-0.3, -0.25) is 4.79 Å². The fourth-order valence-corrected chi connectivity index (χ4v) is 3.56. The molecule has 2 aromatic rings. The molecule has 0 unspecified atom stereocenters. The molecule has 2 N–H and O–H groups in total. The van der Waals surface area contributed by atoms with E-state index in [4.69, 9.17) is 15.5 Å². The Hall–Kier alpha value is -2.08. The first-order valence-corrected chi connectivity index (χ1v) is 8.19. The maximum atomic E-state index is 11.4. The number of primary amides is 1. The highest BCUT2D eigenvalue weighted by Gasteiger charge is 2.25. The van der Waals surface area contributed by atoms with E-state index >= 15 is 0 Å². The molecule has 6 heteroatoms. The lowest BCUT2D eigenvalue weighted by Crippen LogP contribution is -2.41. The van der Waals surface area contributed by atoms with E-state index in [0.717, 1.165) is 41.5 Å². The number of benzene rings is 1. The van der Waals surface area contributed by atoms with Gasteiger partial charge in [0.15, 0.2) is 5.13 Å². The molecule has 0 spiro atoms. The third kappa shape index (κ3) is 3.06. The van der Waals surface area contributed by atoms with E-state index in [2.05, 4.69) is 4.90 Å². The number of rotatable bonds is 4. The molecule has 1 aromatic carbocycles. The molecular weight excluding hydrogens is 298 g/mol. The average Bonchev–Trinajstić information content (AvgIpc) is 3.05. The van der Waals surface area contributed by atoms with Gasteiger partial charge in [-0.15, -0.1) is 11.3 Å². The van der Waals surface area contributed by atoms with Gasteiger partial charge in [0.25, 0.3) is 0 Å². The zero-order valence-corrected chi connectivity index (χ0v) is 13.3. The normalized spacial score (nSPS) is 18.2. The summed E-state index contributed by atoms with van der Waals surface area (Å²) in [6.07, 6.45) is 1.85. The predicted octanol–water partition coefficient (Wildman–Crippen LogP) is 2.52. The van der Waals surface area contributed by atoms with Crippen molar-refractivity contribution in [2.75, 3.05) is 25.1 Å². The molecule has 5 nitrogen and oxygen atoms in total. The van der Waals surface area contributed by atoms with Gasteiger partial charge in [-0.05, 0) is 37.1 Å². The lowest BCUT2D eigenvalue weighted by molar-refractivity contribution is -0.122. The first-order chi connectivity index (χ1) is 10.7. The summed E-state index contributed by atoms with van der Waals surface area (Å²) in [5, 5.41) is 3.00. The maximum absolute atomic E-state index is 11.4. The van der Waals surface area contributed by atoms with Crippen LogP contribution in [0, 0.1) is 5.92 Å². The Balaban J connectivity index is 1.76. The molecule has 1 aliphatic heterocycles. The number of piperidine rings is 1. The molecule has 2 heterocycles. The molecule has 1 atom stereocenters. The number of hydrogen-bond acceptors (Lipinski definition) is 5. The molecule has 0 radical (unpaired) electrons. The molecule has 1 aromatic heterocycles. The van der Waals surface area contributed by atoms with E-state index < -0.39 is 0 Å². The number of amides is 1. The fourth-order valence-electron chi connectivity index (χ4n) is 2.69. The molecule has 0 aliphatic carbocycles. The van der Waals surface area contributed by atoms with Gasteiger partial charge in [-0.25, -0.2) is 4.98 Å². The van der Waals surface area contributed by atoms with Gasteiger partial charge >= 0.3 is 0 Å². The van der Waals surface area contributed by atoms with Gasteiger partial charge in [-0.1, -0.05) is 0 Å². The Bertz CT molecular complexity index is 654. The zero-order valence-electron chi connectivity index (χ0n) is 12.5. The Morgan fingerprint density at radius 2 is 2.18 bits per heavy atom. The van der Waals surface area contributed by atoms with Crippen molar-refractivity contribution in [2.45, 2.75) is 12.8 Å². The Morgan fingerprint density at radius 1 is 1.41 bits per heavy atom. The van der Waals surface area contributed by atoms with Crippen LogP contribution < -0.4 is 15.4 Å². The van der Waals surface area contributed by atoms with Crippen molar-refractivity contribution in [3.8, 4) is 17.0 Å². The van der Waals surface area contributed by atoms with Crippen LogP contribution in [-0.4, -0.2) is 31.1 Å².